The van der Waals surface area contributed by atoms with Crippen molar-refractivity contribution in [3.63, 3.8) is 0 Å². The van der Waals surface area contributed by atoms with Crippen LogP contribution in [0.5, 0.6) is 0 Å². The molecule has 150 valence electrons. The van der Waals surface area contributed by atoms with E-state index in [0.29, 0.717) is 41.2 Å². The van der Waals surface area contributed by atoms with Crippen LogP contribution in [0, 0.1) is 12.8 Å². The number of esters is 1. The van der Waals surface area contributed by atoms with E-state index < -0.39 is 0 Å². The first-order chi connectivity index (χ1) is 13.4. The summed E-state index contributed by atoms with van der Waals surface area (Å²) in [7, 11) is 0. The molecule has 2 aromatic rings. The molecule has 0 saturated heterocycles. The van der Waals surface area contributed by atoms with E-state index in [-0.39, 0.29) is 12.1 Å². The highest BCUT2D eigenvalue weighted by Gasteiger charge is 2.31. The fraction of sp³-hybridized carbons (Fsp3) is 0.429. The molecule has 0 radical (unpaired) electrons. The molecule has 5 nitrogen and oxygen atoms in total. The van der Waals surface area contributed by atoms with E-state index in [1.165, 1.54) is 11.3 Å². The zero-order chi connectivity index (χ0) is 20.3. The van der Waals surface area contributed by atoms with Crippen molar-refractivity contribution >= 4 is 45.3 Å². The highest BCUT2D eigenvalue weighted by atomic mass is 32.1. The van der Waals surface area contributed by atoms with Gasteiger partial charge in [0.15, 0.2) is 5.11 Å². The molecule has 0 spiro atoms. The van der Waals surface area contributed by atoms with Gasteiger partial charge in [0.25, 0.3) is 0 Å². The zero-order valence-electron chi connectivity index (χ0n) is 16.6. The number of nitrogens with one attached hydrogen (secondary N) is 2. The van der Waals surface area contributed by atoms with Crippen molar-refractivity contribution in [2.24, 2.45) is 5.92 Å². The van der Waals surface area contributed by atoms with Crippen LogP contribution in [0.3, 0.4) is 0 Å². The van der Waals surface area contributed by atoms with Gasteiger partial charge in [-0.05, 0) is 55.2 Å². The van der Waals surface area contributed by atoms with E-state index in [4.69, 9.17) is 21.7 Å². The summed E-state index contributed by atoms with van der Waals surface area (Å²) in [4.78, 5) is 13.8. The topological polar surface area (TPSA) is 59.6 Å². The first-order valence-electron chi connectivity index (χ1n) is 9.47. The molecule has 1 aliphatic rings. The molecule has 2 heterocycles. The van der Waals surface area contributed by atoms with E-state index in [1.54, 1.807) is 0 Å². The van der Waals surface area contributed by atoms with Crippen molar-refractivity contribution in [2.75, 3.05) is 17.2 Å². The molecule has 1 aliphatic heterocycles. The van der Waals surface area contributed by atoms with E-state index >= 15 is 0 Å². The minimum atomic E-state index is -0.315. The molecule has 1 aromatic carbocycles. The number of fused-ring (bicyclic) bond motifs is 1. The molecular formula is C21H26N2O3S2. The summed E-state index contributed by atoms with van der Waals surface area (Å²) < 4.78 is 11.3. The van der Waals surface area contributed by atoms with Gasteiger partial charge >= 0.3 is 5.97 Å². The number of aryl methyl sites for hydroxylation is 1. The molecule has 3 rings (SSSR count). The second-order valence-corrected chi connectivity index (χ2v) is 8.69. The largest absolute Gasteiger partial charge is 0.462 e. The highest BCUT2D eigenvalue weighted by molar-refractivity contribution is 7.80. The Morgan fingerprint density at radius 3 is 2.86 bits per heavy atom. The van der Waals surface area contributed by atoms with Crippen LogP contribution in [0.1, 0.15) is 47.1 Å². The summed E-state index contributed by atoms with van der Waals surface area (Å²) in [6, 6.07) is 7.96. The normalized spacial score (nSPS) is 15.8. The third-order valence-corrected chi connectivity index (χ3v) is 5.98. The summed E-state index contributed by atoms with van der Waals surface area (Å²) in [5.74, 6) is 0.0637. The Bertz CT molecular complexity index is 877. The lowest BCUT2D eigenvalue weighted by Crippen LogP contribution is -2.27. The molecule has 1 atom stereocenters. The molecule has 0 saturated carbocycles. The molecule has 0 aliphatic carbocycles. The van der Waals surface area contributed by atoms with E-state index in [9.17, 15) is 4.79 Å². The second kappa shape index (κ2) is 9.03. The van der Waals surface area contributed by atoms with E-state index in [1.807, 2.05) is 38.1 Å². The van der Waals surface area contributed by atoms with Gasteiger partial charge in [0.2, 0.25) is 0 Å². The van der Waals surface area contributed by atoms with Crippen LogP contribution < -0.4 is 10.6 Å². The molecule has 1 aromatic heterocycles. The number of ether oxygens (including phenoxy) is 2. The number of hydrogen-bond acceptors (Lipinski definition) is 5. The molecule has 0 fully saturated rings. The monoisotopic (exact) mass is 418 g/mol. The minimum Gasteiger partial charge on any atom is -0.462 e. The van der Waals surface area contributed by atoms with Crippen molar-refractivity contribution in [1.82, 2.24) is 0 Å². The number of thiophene rings is 1. The van der Waals surface area contributed by atoms with Gasteiger partial charge in [-0.2, -0.15) is 0 Å². The Morgan fingerprint density at radius 2 is 2.18 bits per heavy atom. The number of carbonyl (C=O) groups excluding carboxylic acids is 1. The molecule has 28 heavy (non-hydrogen) atoms. The lowest BCUT2D eigenvalue weighted by atomic mass is 9.94. The van der Waals surface area contributed by atoms with Crippen molar-refractivity contribution in [3.8, 4) is 0 Å². The zero-order valence-corrected chi connectivity index (χ0v) is 18.3. The second-order valence-electron chi connectivity index (χ2n) is 7.17. The number of carbonyl (C=O) groups is 1. The van der Waals surface area contributed by atoms with Crippen LogP contribution in [0.2, 0.25) is 0 Å². The molecule has 2 N–H and O–H groups in total. The first-order valence-corrected chi connectivity index (χ1v) is 10.7. The quantitative estimate of drug-likeness (QED) is 0.518. The van der Waals surface area contributed by atoms with Gasteiger partial charge in [0.1, 0.15) is 5.00 Å². The Labute approximate surface area is 175 Å². The lowest BCUT2D eigenvalue weighted by Gasteiger charge is -2.26. The standard InChI is InChI=1S/C21H26N2O3S2/c1-5-25-20(24)18-15-10-16(12(2)3)26-11-17(15)28-19(18)23-21(27)22-14-8-6-7-13(4)9-14/h6-9,12,16H,5,10-11H2,1-4H3,(H2,22,23,27)/t16-/m1/s1. The van der Waals surface area contributed by atoms with Crippen LogP contribution in [0.25, 0.3) is 0 Å². The third kappa shape index (κ3) is 4.71. The summed E-state index contributed by atoms with van der Waals surface area (Å²) in [6.07, 6.45) is 0.803. The molecule has 0 amide bonds. The van der Waals surface area contributed by atoms with Gasteiger partial charge in [-0.1, -0.05) is 26.0 Å². The van der Waals surface area contributed by atoms with Crippen molar-refractivity contribution in [2.45, 2.75) is 46.8 Å². The van der Waals surface area contributed by atoms with Gasteiger partial charge in [0, 0.05) is 17.0 Å². The maximum Gasteiger partial charge on any atom is 0.341 e. The summed E-state index contributed by atoms with van der Waals surface area (Å²) in [6.45, 7) is 8.94. The average Bonchev–Trinajstić information content (AvgIpc) is 2.98. The number of hydrogen-bond donors (Lipinski definition) is 2. The van der Waals surface area contributed by atoms with Crippen LogP contribution in [-0.4, -0.2) is 23.8 Å². The van der Waals surface area contributed by atoms with Crippen LogP contribution in [0.4, 0.5) is 10.7 Å². The summed E-state index contributed by atoms with van der Waals surface area (Å²) in [5.41, 5.74) is 3.65. The first kappa shape index (κ1) is 20.8. The van der Waals surface area contributed by atoms with Crippen molar-refractivity contribution in [3.05, 3.63) is 45.8 Å². The van der Waals surface area contributed by atoms with E-state index in [2.05, 4.69) is 24.5 Å². The Balaban J connectivity index is 1.85. The molecule has 7 heteroatoms. The van der Waals surface area contributed by atoms with E-state index in [0.717, 1.165) is 21.7 Å². The fourth-order valence-electron chi connectivity index (χ4n) is 3.21. The molecular weight excluding hydrogens is 392 g/mol. The number of thiocarbonyl (C=S) groups is 1. The predicted octanol–water partition coefficient (Wildman–Crippen LogP) is 5.14. The summed E-state index contributed by atoms with van der Waals surface area (Å²) >= 11 is 6.99. The van der Waals surface area contributed by atoms with Gasteiger partial charge in [0.05, 0.1) is 24.9 Å². The number of rotatable bonds is 5. The highest BCUT2D eigenvalue weighted by Crippen LogP contribution is 2.39. The Hall–Kier alpha value is -1.96. The smallest absolute Gasteiger partial charge is 0.341 e. The Morgan fingerprint density at radius 1 is 1.39 bits per heavy atom. The van der Waals surface area contributed by atoms with Crippen LogP contribution in [0.15, 0.2) is 24.3 Å². The Kier molecular flexibility index (Phi) is 6.69. The maximum absolute atomic E-state index is 12.7. The number of benzene rings is 1. The van der Waals surface area contributed by atoms with Gasteiger partial charge in [-0.3, -0.25) is 0 Å². The molecule has 0 unspecified atom stereocenters. The lowest BCUT2D eigenvalue weighted by molar-refractivity contribution is 0.00124. The maximum atomic E-state index is 12.7. The summed E-state index contributed by atoms with van der Waals surface area (Å²) in [5, 5.41) is 7.53. The third-order valence-electron chi connectivity index (χ3n) is 4.65. The van der Waals surface area contributed by atoms with Gasteiger partial charge in [-0.25, -0.2) is 4.79 Å². The van der Waals surface area contributed by atoms with Crippen LogP contribution >= 0.6 is 23.6 Å². The van der Waals surface area contributed by atoms with Crippen molar-refractivity contribution < 1.29 is 14.3 Å². The SMILES string of the molecule is CCOC(=O)c1c(NC(=S)Nc2cccc(C)c2)sc2c1C[C@H](C(C)C)OC2. The van der Waals surface area contributed by atoms with Crippen LogP contribution in [-0.2, 0) is 22.5 Å². The number of anilines is 2. The van der Waals surface area contributed by atoms with Gasteiger partial charge < -0.3 is 20.1 Å². The minimum absolute atomic E-state index is 0.0977. The average molecular weight is 419 g/mol. The molecule has 0 bridgehead atoms. The van der Waals surface area contributed by atoms with Crippen molar-refractivity contribution in [1.29, 1.82) is 0 Å². The van der Waals surface area contributed by atoms with Gasteiger partial charge in [-0.15, -0.1) is 11.3 Å². The predicted molar refractivity (Wildman–Crippen MR) is 118 cm³/mol. The fourth-order valence-corrected chi connectivity index (χ4v) is 4.64.